The largest absolute Gasteiger partial charge is 0.496 e. The van der Waals surface area contributed by atoms with Crippen molar-refractivity contribution in [2.45, 2.75) is 39.0 Å². The lowest BCUT2D eigenvalue weighted by atomic mass is 9.69. The van der Waals surface area contributed by atoms with Gasteiger partial charge in [0, 0.05) is 35.6 Å². The Kier molecular flexibility index (Phi) is 4.77. The van der Waals surface area contributed by atoms with E-state index < -0.39 is 5.82 Å². The number of nitrogens with zero attached hydrogens (tertiary/aromatic N) is 1. The number of para-hydroxylation sites is 1. The van der Waals surface area contributed by atoms with Crippen LogP contribution < -0.4 is 9.64 Å². The number of ketones is 1. The first-order valence-corrected chi connectivity index (χ1v) is 9.78. The molecule has 29 heavy (non-hydrogen) atoms. The molecule has 1 aliphatic heterocycles. The number of hydrogen-bond donors (Lipinski definition) is 0. The summed E-state index contributed by atoms with van der Waals surface area (Å²) in [6.07, 6.45) is 1.13. The standard InChI is InChI=1S/C24H24FNO3/c1-24(2)13-19-23(20(27)14-24)18(17-9-4-5-10-21(17)29-3)12-22(28)26(19)16-8-6-7-15(25)11-16/h4-11,18H,12-14H2,1-3H3. The summed E-state index contributed by atoms with van der Waals surface area (Å²) in [6, 6.07) is 13.5. The van der Waals surface area contributed by atoms with Crippen LogP contribution in [0.4, 0.5) is 10.1 Å². The minimum atomic E-state index is -0.411. The lowest BCUT2D eigenvalue weighted by Crippen LogP contribution is -2.43. The molecule has 1 amide bonds. The highest BCUT2D eigenvalue weighted by atomic mass is 19.1. The van der Waals surface area contributed by atoms with E-state index in [1.54, 1.807) is 24.1 Å². The fourth-order valence-electron chi connectivity index (χ4n) is 4.55. The predicted molar refractivity (Wildman–Crippen MR) is 109 cm³/mol. The first-order chi connectivity index (χ1) is 13.8. The maximum absolute atomic E-state index is 13.9. The van der Waals surface area contributed by atoms with Crippen LogP contribution in [0, 0.1) is 11.2 Å². The van der Waals surface area contributed by atoms with Crippen molar-refractivity contribution >= 4 is 17.4 Å². The van der Waals surface area contributed by atoms with Crippen molar-refractivity contribution < 1.29 is 18.7 Å². The van der Waals surface area contributed by atoms with E-state index in [0.717, 1.165) is 5.56 Å². The third-order valence-corrected chi connectivity index (χ3v) is 5.72. The van der Waals surface area contributed by atoms with Crippen molar-refractivity contribution in [2.24, 2.45) is 5.41 Å². The summed E-state index contributed by atoms with van der Waals surface area (Å²) in [6.45, 7) is 4.05. The molecule has 4 nitrogen and oxygen atoms in total. The highest BCUT2D eigenvalue weighted by molar-refractivity contribution is 6.07. The van der Waals surface area contributed by atoms with Gasteiger partial charge in [0.2, 0.25) is 5.91 Å². The molecule has 1 unspecified atom stereocenters. The zero-order valence-corrected chi connectivity index (χ0v) is 16.9. The quantitative estimate of drug-likeness (QED) is 0.737. The van der Waals surface area contributed by atoms with Crippen molar-refractivity contribution in [3.8, 4) is 5.75 Å². The Balaban J connectivity index is 1.93. The summed E-state index contributed by atoms with van der Waals surface area (Å²) in [5.41, 5.74) is 2.36. The van der Waals surface area contributed by atoms with E-state index in [0.29, 0.717) is 35.5 Å². The average Bonchev–Trinajstić information content (AvgIpc) is 2.66. The number of methoxy groups -OCH3 is 1. The number of benzene rings is 2. The fraction of sp³-hybridized carbons (Fsp3) is 0.333. The van der Waals surface area contributed by atoms with Crippen LogP contribution in [0.1, 0.15) is 44.6 Å². The highest BCUT2D eigenvalue weighted by Crippen LogP contribution is 2.49. The number of halogens is 1. The molecule has 0 saturated carbocycles. The van der Waals surface area contributed by atoms with Crippen LogP contribution in [0.3, 0.4) is 0 Å². The summed E-state index contributed by atoms with van der Waals surface area (Å²) < 4.78 is 19.4. The third-order valence-electron chi connectivity index (χ3n) is 5.72. The maximum Gasteiger partial charge on any atom is 0.232 e. The molecule has 2 aromatic rings. The Morgan fingerprint density at radius 1 is 1.07 bits per heavy atom. The summed E-state index contributed by atoms with van der Waals surface area (Å²) in [5, 5.41) is 0. The van der Waals surface area contributed by atoms with E-state index in [-0.39, 0.29) is 29.4 Å². The number of ether oxygens (including phenoxy) is 1. The number of allylic oxidation sites excluding steroid dienone is 2. The maximum atomic E-state index is 13.9. The van der Waals surface area contributed by atoms with Crippen LogP contribution >= 0.6 is 0 Å². The minimum absolute atomic E-state index is 0.0426. The van der Waals surface area contributed by atoms with Gasteiger partial charge in [-0.25, -0.2) is 4.39 Å². The number of Topliss-reactive ketones (excluding diaryl/α,β-unsaturated/α-hetero) is 1. The van der Waals surface area contributed by atoms with Gasteiger partial charge in [0.1, 0.15) is 11.6 Å². The van der Waals surface area contributed by atoms with Gasteiger partial charge >= 0.3 is 0 Å². The van der Waals surface area contributed by atoms with Gasteiger partial charge in [-0.1, -0.05) is 38.1 Å². The van der Waals surface area contributed by atoms with E-state index in [4.69, 9.17) is 4.74 Å². The first-order valence-electron chi connectivity index (χ1n) is 9.78. The summed E-state index contributed by atoms with van der Waals surface area (Å²) in [5.74, 6) is -0.210. The molecule has 0 N–H and O–H groups in total. The molecule has 4 rings (SSSR count). The SMILES string of the molecule is COc1ccccc1C1CC(=O)N(c2cccc(F)c2)C2=C1C(=O)CC(C)(C)C2. The van der Waals surface area contributed by atoms with Gasteiger partial charge in [0.05, 0.1) is 12.8 Å². The number of hydrogen-bond acceptors (Lipinski definition) is 3. The minimum Gasteiger partial charge on any atom is -0.496 e. The van der Waals surface area contributed by atoms with E-state index in [9.17, 15) is 14.0 Å². The lowest BCUT2D eigenvalue weighted by molar-refractivity contribution is -0.121. The Labute approximate surface area is 170 Å². The molecule has 2 aromatic carbocycles. The van der Waals surface area contributed by atoms with Crippen molar-refractivity contribution in [3.05, 3.63) is 71.2 Å². The van der Waals surface area contributed by atoms with Gasteiger partial charge in [-0.05, 0) is 36.1 Å². The molecule has 5 heteroatoms. The summed E-state index contributed by atoms with van der Waals surface area (Å²) in [7, 11) is 1.59. The molecule has 0 saturated heterocycles. The Bertz CT molecular complexity index is 1020. The number of rotatable bonds is 3. The van der Waals surface area contributed by atoms with E-state index in [1.807, 2.05) is 38.1 Å². The van der Waals surface area contributed by atoms with Crippen LogP contribution in [-0.4, -0.2) is 18.8 Å². The summed E-state index contributed by atoms with van der Waals surface area (Å²) in [4.78, 5) is 28.1. The van der Waals surface area contributed by atoms with Gasteiger partial charge in [-0.2, -0.15) is 0 Å². The Morgan fingerprint density at radius 3 is 2.55 bits per heavy atom. The molecule has 0 aromatic heterocycles. The van der Waals surface area contributed by atoms with Gasteiger partial charge < -0.3 is 4.74 Å². The molecule has 1 heterocycles. The van der Waals surface area contributed by atoms with Crippen LogP contribution in [0.5, 0.6) is 5.75 Å². The Morgan fingerprint density at radius 2 is 1.83 bits per heavy atom. The molecule has 0 fully saturated rings. The molecule has 1 atom stereocenters. The zero-order chi connectivity index (χ0) is 20.8. The van der Waals surface area contributed by atoms with Gasteiger partial charge in [0.15, 0.2) is 5.78 Å². The average molecular weight is 393 g/mol. The van der Waals surface area contributed by atoms with Gasteiger partial charge in [-0.3, -0.25) is 14.5 Å². The zero-order valence-electron chi connectivity index (χ0n) is 16.9. The second-order valence-electron chi connectivity index (χ2n) is 8.51. The highest BCUT2D eigenvalue weighted by Gasteiger charge is 2.44. The van der Waals surface area contributed by atoms with Gasteiger partial charge in [0.25, 0.3) is 0 Å². The van der Waals surface area contributed by atoms with Crippen molar-refractivity contribution in [2.75, 3.05) is 12.0 Å². The second-order valence-corrected chi connectivity index (χ2v) is 8.51. The van der Waals surface area contributed by atoms with Crippen LogP contribution in [-0.2, 0) is 9.59 Å². The van der Waals surface area contributed by atoms with E-state index in [2.05, 4.69) is 0 Å². The predicted octanol–water partition coefficient (Wildman–Crippen LogP) is 5.00. The fourth-order valence-corrected chi connectivity index (χ4v) is 4.55. The molecule has 0 radical (unpaired) electrons. The topological polar surface area (TPSA) is 46.6 Å². The number of amides is 1. The lowest BCUT2D eigenvalue weighted by Gasteiger charge is -2.43. The van der Waals surface area contributed by atoms with Crippen LogP contribution in [0.2, 0.25) is 0 Å². The van der Waals surface area contributed by atoms with Gasteiger partial charge in [-0.15, -0.1) is 0 Å². The van der Waals surface area contributed by atoms with Crippen LogP contribution in [0.15, 0.2) is 59.8 Å². The van der Waals surface area contributed by atoms with Crippen molar-refractivity contribution in [3.63, 3.8) is 0 Å². The van der Waals surface area contributed by atoms with Crippen LogP contribution in [0.25, 0.3) is 0 Å². The van der Waals surface area contributed by atoms with Crippen molar-refractivity contribution in [1.29, 1.82) is 0 Å². The molecule has 0 spiro atoms. The number of carbonyl (C=O) groups is 2. The smallest absolute Gasteiger partial charge is 0.232 e. The molecule has 1 aliphatic carbocycles. The molecule has 150 valence electrons. The monoisotopic (exact) mass is 393 g/mol. The third kappa shape index (κ3) is 3.46. The Hall–Kier alpha value is -2.95. The normalized spacial score (nSPS) is 21.2. The molecular weight excluding hydrogens is 369 g/mol. The van der Waals surface area contributed by atoms with Crippen molar-refractivity contribution in [1.82, 2.24) is 0 Å². The molecule has 2 aliphatic rings. The van der Waals surface area contributed by atoms with E-state index in [1.165, 1.54) is 12.1 Å². The second kappa shape index (κ2) is 7.14. The first kappa shape index (κ1) is 19.4. The number of anilines is 1. The number of carbonyl (C=O) groups excluding carboxylic acids is 2. The van der Waals surface area contributed by atoms with E-state index >= 15 is 0 Å². The molecular formula is C24H24FNO3. The molecule has 0 bridgehead atoms. The summed E-state index contributed by atoms with van der Waals surface area (Å²) >= 11 is 0.